The number of benzene rings is 2. The van der Waals surface area contributed by atoms with E-state index in [4.69, 9.17) is 4.74 Å². The van der Waals surface area contributed by atoms with Crippen LogP contribution in [-0.2, 0) is 4.79 Å². The van der Waals surface area contributed by atoms with Gasteiger partial charge >= 0.3 is 6.03 Å². The molecule has 0 unspecified atom stereocenters. The summed E-state index contributed by atoms with van der Waals surface area (Å²) in [6, 6.07) is 9.19. The first kappa shape index (κ1) is 18.7. The van der Waals surface area contributed by atoms with E-state index in [1.54, 1.807) is 12.1 Å². The molecule has 0 aromatic heterocycles. The van der Waals surface area contributed by atoms with Gasteiger partial charge in [-0.3, -0.25) is 4.79 Å². The number of nitrogens with zero attached hydrogens (tertiary/aromatic N) is 1. The number of aromatic hydroxyl groups is 1. The molecule has 3 amide bonds. The van der Waals surface area contributed by atoms with E-state index in [1.807, 2.05) is 0 Å². The maximum absolute atomic E-state index is 12.8. The molecule has 2 aromatic rings. The molecule has 0 fully saturated rings. The Balaban J connectivity index is 1.75. The van der Waals surface area contributed by atoms with Gasteiger partial charge in [-0.15, -0.1) is 0 Å². The lowest BCUT2D eigenvalue weighted by Gasteiger charge is -2.06. The van der Waals surface area contributed by atoms with Gasteiger partial charge in [-0.25, -0.2) is 14.6 Å². The van der Waals surface area contributed by atoms with Crippen molar-refractivity contribution in [3.63, 3.8) is 0 Å². The first-order valence-corrected chi connectivity index (χ1v) is 7.47. The molecular formula is C17H17FN4O4. The number of urea groups is 1. The minimum atomic E-state index is -0.615. The fourth-order valence-corrected chi connectivity index (χ4v) is 1.87. The van der Waals surface area contributed by atoms with Crippen molar-refractivity contribution in [3.8, 4) is 11.5 Å². The molecule has 8 nitrogen and oxygen atoms in total. The van der Waals surface area contributed by atoms with E-state index in [1.165, 1.54) is 43.7 Å². The van der Waals surface area contributed by atoms with E-state index in [-0.39, 0.29) is 12.3 Å². The predicted octanol–water partition coefficient (Wildman–Crippen LogP) is 1.81. The molecule has 9 heteroatoms. The zero-order valence-electron chi connectivity index (χ0n) is 13.8. The van der Waals surface area contributed by atoms with E-state index in [0.717, 1.165) is 0 Å². The van der Waals surface area contributed by atoms with Gasteiger partial charge in [0.1, 0.15) is 12.4 Å². The fourth-order valence-electron chi connectivity index (χ4n) is 1.87. The van der Waals surface area contributed by atoms with Crippen LogP contribution < -0.4 is 20.8 Å². The van der Waals surface area contributed by atoms with Crippen molar-refractivity contribution < 1.29 is 23.8 Å². The van der Waals surface area contributed by atoms with Crippen LogP contribution in [0.3, 0.4) is 0 Å². The molecule has 0 heterocycles. The highest BCUT2D eigenvalue weighted by Gasteiger charge is 2.05. The Morgan fingerprint density at radius 2 is 1.96 bits per heavy atom. The maximum Gasteiger partial charge on any atom is 0.319 e. The summed E-state index contributed by atoms with van der Waals surface area (Å²) in [7, 11) is 1.43. The maximum atomic E-state index is 12.8. The van der Waals surface area contributed by atoms with Crippen LogP contribution >= 0.6 is 0 Å². The Labute approximate surface area is 148 Å². The van der Waals surface area contributed by atoms with Crippen LogP contribution in [0.25, 0.3) is 0 Å². The highest BCUT2D eigenvalue weighted by molar-refractivity contribution is 5.92. The second-order valence-corrected chi connectivity index (χ2v) is 5.04. The summed E-state index contributed by atoms with van der Waals surface area (Å²) in [6.45, 7) is -0.307. The molecule has 2 aromatic carbocycles. The second kappa shape index (κ2) is 9.02. The first-order valence-electron chi connectivity index (χ1n) is 7.47. The third-order valence-electron chi connectivity index (χ3n) is 3.12. The number of rotatable bonds is 6. The summed E-state index contributed by atoms with van der Waals surface area (Å²) in [6.07, 6.45) is 1.33. The highest BCUT2D eigenvalue weighted by Crippen LogP contribution is 2.25. The SMILES string of the molecule is COc1ccc(/C=N\NC(=O)CNC(=O)Nc2ccc(F)cc2)cc1O. The van der Waals surface area contributed by atoms with Gasteiger partial charge in [0, 0.05) is 5.69 Å². The van der Waals surface area contributed by atoms with Gasteiger partial charge in [-0.1, -0.05) is 0 Å². The number of nitrogens with one attached hydrogen (secondary N) is 3. The first-order chi connectivity index (χ1) is 12.5. The lowest BCUT2D eigenvalue weighted by molar-refractivity contribution is -0.120. The van der Waals surface area contributed by atoms with Gasteiger partial charge in [0.05, 0.1) is 13.3 Å². The quantitative estimate of drug-likeness (QED) is 0.465. The Morgan fingerprint density at radius 3 is 2.62 bits per heavy atom. The van der Waals surface area contributed by atoms with Crippen LogP contribution in [0.5, 0.6) is 11.5 Å². The molecule has 0 aliphatic heterocycles. The monoisotopic (exact) mass is 360 g/mol. The van der Waals surface area contributed by atoms with Gasteiger partial charge in [0.15, 0.2) is 11.5 Å². The zero-order valence-corrected chi connectivity index (χ0v) is 13.8. The van der Waals surface area contributed by atoms with Crippen molar-refractivity contribution in [2.45, 2.75) is 0 Å². The molecule has 26 heavy (non-hydrogen) atoms. The normalized spacial score (nSPS) is 10.4. The van der Waals surface area contributed by atoms with Crippen molar-refractivity contribution in [1.82, 2.24) is 10.7 Å². The summed E-state index contributed by atoms with van der Waals surface area (Å²) < 4.78 is 17.7. The Kier molecular flexibility index (Phi) is 6.49. The molecule has 4 N–H and O–H groups in total. The number of hydrogen-bond acceptors (Lipinski definition) is 5. The number of ether oxygens (including phenoxy) is 1. The third-order valence-corrected chi connectivity index (χ3v) is 3.12. The number of phenolic OH excluding ortho intramolecular Hbond substituents is 1. The Bertz CT molecular complexity index is 809. The average Bonchev–Trinajstić information content (AvgIpc) is 2.62. The van der Waals surface area contributed by atoms with Crippen molar-refractivity contribution in [3.05, 3.63) is 53.8 Å². The van der Waals surface area contributed by atoms with Crippen molar-refractivity contribution in [2.24, 2.45) is 5.10 Å². The van der Waals surface area contributed by atoms with Crippen LogP contribution in [0, 0.1) is 5.82 Å². The number of amides is 3. The number of halogens is 1. The molecule has 0 aliphatic rings. The number of phenols is 1. The van der Waals surface area contributed by atoms with Crippen molar-refractivity contribution in [2.75, 3.05) is 19.0 Å². The highest BCUT2D eigenvalue weighted by atomic mass is 19.1. The molecule has 136 valence electrons. The molecule has 0 saturated heterocycles. The van der Waals surface area contributed by atoms with Gasteiger partial charge < -0.3 is 20.5 Å². The van der Waals surface area contributed by atoms with Gasteiger partial charge in [-0.05, 0) is 48.0 Å². The van der Waals surface area contributed by atoms with Gasteiger partial charge in [0.25, 0.3) is 5.91 Å². The molecular weight excluding hydrogens is 343 g/mol. The van der Waals surface area contributed by atoms with E-state index in [2.05, 4.69) is 21.2 Å². The van der Waals surface area contributed by atoms with Crippen LogP contribution in [0.1, 0.15) is 5.56 Å². The number of carbonyl (C=O) groups is 2. The number of methoxy groups -OCH3 is 1. The molecule has 0 bridgehead atoms. The lowest BCUT2D eigenvalue weighted by atomic mass is 10.2. The van der Waals surface area contributed by atoms with Crippen LogP contribution in [0.2, 0.25) is 0 Å². The molecule has 0 atom stereocenters. The topological polar surface area (TPSA) is 112 Å². The van der Waals surface area contributed by atoms with E-state index < -0.39 is 17.8 Å². The molecule has 0 aliphatic carbocycles. The number of anilines is 1. The number of carbonyl (C=O) groups excluding carboxylic acids is 2. The number of hydrogen-bond donors (Lipinski definition) is 4. The minimum absolute atomic E-state index is 0.0538. The summed E-state index contributed by atoms with van der Waals surface area (Å²) in [4.78, 5) is 23.2. The standard InChI is InChI=1S/C17H17FN4O4/c1-26-15-7-2-11(8-14(15)23)9-20-22-16(24)10-19-17(25)21-13-5-3-12(18)4-6-13/h2-9,23H,10H2,1H3,(H,22,24)(H2,19,21,25)/b20-9-. The van der Waals surface area contributed by atoms with E-state index in [9.17, 15) is 19.1 Å². The smallest absolute Gasteiger partial charge is 0.319 e. The number of hydrazone groups is 1. The largest absolute Gasteiger partial charge is 0.504 e. The third kappa shape index (κ3) is 5.78. The van der Waals surface area contributed by atoms with Gasteiger partial charge in [-0.2, -0.15) is 5.10 Å². The fraction of sp³-hybridized carbons (Fsp3) is 0.118. The van der Waals surface area contributed by atoms with E-state index in [0.29, 0.717) is 17.0 Å². The van der Waals surface area contributed by atoms with Crippen LogP contribution in [0.15, 0.2) is 47.6 Å². The molecule has 0 spiro atoms. The zero-order chi connectivity index (χ0) is 18.9. The van der Waals surface area contributed by atoms with Crippen LogP contribution in [0.4, 0.5) is 14.9 Å². The average molecular weight is 360 g/mol. The summed E-state index contributed by atoms with van der Waals surface area (Å²) in [5, 5.41) is 18.1. The van der Waals surface area contributed by atoms with Crippen molar-refractivity contribution >= 4 is 23.8 Å². The summed E-state index contributed by atoms with van der Waals surface area (Å²) in [5.74, 6) is -0.698. The minimum Gasteiger partial charge on any atom is -0.504 e. The molecule has 0 radical (unpaired) electrons. The van der Waals surface area contributed by atoms with Gasteiger partial charge in [0.2, 0.25) is 0 Å². The van der Waals surface area contributed by atoms with Crippen LogP contribution in [-0.4, -0.2) is 36.9 Å². The Morgan fingerprint density at radius 1 is 1.23 bits per heavy atom. The summed E-state index contributed by atoms with van der Waals surface area (Å²) in [5.41, 5.74) is 3.17. The van der Waals surface area contributed by atoms with Crippen molar-refractivity contribution in [1.29, 1.82) is 0 Å². The van der Waals surface area contributed by atoms with E-state index >= 15 is 0 Å². The predicted molar refractivity (Wildman–Crippen MR) is 93.8 cm³/mol. The molecule has 0 saturated carbocycles. The summed E-state index contributed by atoms with van der Waals surface area (Å²) >= 11 is 0. The lowest BCUT2D eigenvalue weighted by Crippen LogP contribution is -2.37. The molecule has 2 rings (SSSR count). The second-order valence-electron chi connectivity index (χ2n) is 5.04. The Hall–Kier alpha value is -3.62.